The van der Waals surface area contributed by atoms with Crippen LogP contribution in [0.15, 0.2) is 24.3 Å². The van der Waals surface area contributed by atoms with Gasteiger partial charge < -0.3 is 11.5 Å². The van der Waals surface area contributed by atoms with Gasteiger partial charge >= 0.3 is 0 Å². The highest BCUT2D eigenvalue weighted by Crippen LogP contribution is 2.13. The Hall–Kier alpha value is -1.60. The van der Waals surface area contributed by atoms with Gasteiger partial charge in [-0.25, -0.2) is 13.1 Å². The van der Waals surface area contributed by atoms with Crippen LogP contribution in [0.2, 0.25) is 0 Å². The number of sulfonamides is 1. The van der Waals surface area contributed by atoms with Crippen LogP contribution in [0.5, 0.6) is 0 Å². The Morgan fingerprint density at radius 2 is 2.00 bits per heavy atom. The van der Waals surface area contributed by atoms with E-state index in [1.807, 2.05) is 0 Å². The van der Waals surface area contributed by atoms with Crippen molar-refractivity contribution in [2.75, 3.05) is 5.73 Å². The Morgan fingerprint density at radius 1 is 1.41 bits per heavy atom. The number of carbonyl (C=O) groups is 1. The third-order valence-corrected chi connectivity index (χ3v) is 3.59. The van der Waals surface area contributed by atoms with Crippen molar-refractivity contribution in [1.82, 2.24) is 4.72 Å². The number of rotatable bonds is 5. The predicted molar refractivity (Wildman–Crippen MR) is 65.3 cm³/mol. The number of hydrogen-bond donors (Lipinski definition) is 3. The number of anilines is 1. The van der Waals surface area contributed by atoms with Crippen LogP contribution < -0.4 is 16.2 Å². The van der Waals surface area contributed by atoms with Crippen molar-refractivity contribution in [2.45, 2.75) is 18.7 Å². The average molecular weight is 257 g/mol. The second-order valence-electron chi connectivity index (χ2n) is 3.70. The molecule has 1 amide bonds. The number of hydrogen-bond acceptors (Lipinski definition) is 4. The molecule has 0 aliphatic heterocycles. The van der Waals surface area contributed by atoms with Crippen LogP contribution in [0.25, 0.3) is 0 Å². The molecule has 0 aliphatic carbocycles. The highest BCUT2D eigenvalue weighted by atomic mass is 32.2. The van der Waals surface area contributed by atoms with Crippen LogP contribution in [-0.2, 0) is 20.6 Å². The van der Waals surface area contributed by atoms with Gasteiger partial charge in [-0.05, 0) is 18.6 Å². The SMILES string of the molecule is CC(NS(=O)(=O)Cc1ccccc1N)C(N)=O. The first kappa shape index (κ1) is 13.5. The summed E-state index contributed by atoms with van der Waals surface area (Å²) in [7, 11) is -3.63. The van der Waals surface area contributed by atoms with E-state index in [0.29, 0.717) is 11.3 Å². The van der Waals surface area contributed by atoms with E-state index < -0.39 is 22.0 Å². The highest BCUT2D eigenvalue weighted by molar-refractivity contribution is 7.88. The normalized spacial score (nSPS) is 13.2. The van der Waals surface area contributed by atoms with E-state index in [4.69, 9.17) is 11.5 Å². The Balaban J connectivity index is 2.81. The molecule has 0 aliphatic rings. The molecule has 0 aromatic heterocycles. The van der Waals surface area contributed by atoms with Crippen molar-refractivity contribution in [3.63, 3.8) is 0 Å². The Labute approximate surface area is 100 Å². The van der Waals surface area contributed by atoms with E-state index in [1.165, 1.54) is 6.92 Å². The standard InChI is InChI=1S/C10H15N3O3S/c1-7(10(12)14)13-17(15,16)6-8-4-2-3-5-9(8)11/h2-5,7,13H,6,11H2,1H3,(H2,12,14). The number of primary amides is 1. The molecule has 94 valence electrons. The van der Waals surface area contributed by atoms with E-state index in [0.717, 1.165) is 0 Å². The molecular weight excluding hydrogens is 242 g/mol. The highest BCUT2D eigenvalue weighted by Gasteiger charge is 2.19. The quantitative estimate of drug-likeness (QED) is 0.620. The summed E-state index contributed by atoms with van der Waals surface area (Å²) in [5.74, 6) is -1.01. The molecule has 0 saturated heterocycles. The second kappa shape index (κ2) is 5.15. The number of nitrogen functional groups attached to an aromatic ring is 1. The van der Waals surface area contributed by atoms with E-state index in [-0.39, 0.29) is 5.75 Å². The molecule has 7 heteroatoms. The molecule has 1 aromatic rings. The molecule has 0 bridgehead atoms. The molecule has 0 radical (unpaired) electrons. The maximum Gasteiger partial charge on any atom is 0.235 e. The molecule has 5 N–H and O–H groups in total. The van der Waals surface area contributed by atoms with Crippen LogP contribution in [0.3, 0.4) is 0 Å². The zero-order valence-electron chi connectivity index (χ0n) is 9.38. The smallest absolute Gasteiger partial charge is 0.235 e. The van der Waals surface area contributed by atoms with Gasteiger partial charge in [0, 0.05) is 5.69 Å². The lowest BCUT2D eigenvalue weighted by atomic mass is 10.2. The minimum absolute atomic E-state index is 0.280. The molecule has 1 unspecified atom stereocenters. The van der Waals surface area contributed by atoms with Gasteiger partial charge in [-0.2, -0.15) is 0 Å². The molecule has 17 heavy (non-hydrogen) atoms. The van der Waals surface area contributed by atoms with Crippen LogP contribution >= 0.6 is 0 Å². The predicted octanol–water partition coefficient (Wildman–Crippen LogP) is -0.438. The molecule has 1 aromatic carbocycles. The van der Waals surface area contributed by atoms with Crippen molar-refractivity contribution < 1.29 is 13.2 Å². The molecule has 0 fully saturated rings. The molecule has 1 rings (SSSR count). The van der Waals surface area contributed by atoms with Crippen LogP contribution in [0.1, 0.15) is 12.5 Å². The summed E-state index contributed by atoms with van der Waals surface area (Å²) in [6.07, 6.45) is 0. The molecular formula is C10H15N3O3S. The van der Waals surface area contributed by atoms with Crippen LogP contribution in [0.4, 0.5) is 5.69 Å². The average Bonchev–Trinajstić information content (AvgIpc) is 2.20. The van der Waals surface area contributed by atoms with Gasteiger partial charge in [-0.15, -0.1) is 0 Å². The van der Waals surface area contributed by atoms with Gasteiger partial charge in [0.05, 0.1) is 11.8 Å². The van der Waals surface area contributed by atoms with E-state index in [1.54, 1.807) is 24.3 Å². The molecule has 0 heterocycles. The van der Waals surface area contributed by atoms with Gasteiger partial charge in [0.2, 0.25) is 15.9 Å². The first-order valence-corrected chi connectivity index (χ1v) is 6.60. The number of nitrogens with one attached hydrogen (secondary N) is 1. The van der Waals surface area contributed by atoms with Gasteiger partial charge in [0.15, 0.2) is 0 Å². The zero-order valence-corrected chi connectivity index (χ0v) is 10.2. The summed E-state index contributed by atoms with van der Waals surface area (Å²) in [6, 6.07) is 5.69. The van der Waals surface area contributed by atoms with Crippen molar-refractivity contribution >= 4 is 21.6 Å². The third kappa shape index (κ3) is 4.04. The van der Waals surface area contributed by atoms with E-state index in [2.05, 4.69) is 4.72 Å². The molecule has 0 saturated carbocycles. The summed E-state index contributed by atoms with van der Waals surface area (Å²) in [5, 5.41) is 0. The molecule has 6 nitrogen and oxygen atoms in total. The van der Waals surface area contributed by atoms with Crippen molar-refractivity contribution in [3.8, 4) is 0 Å². The van der Waals surface area contributed by atoms with Gasteiger partial charge in [0.1, 0.15) is 0 Å². The summed E-state index contributed by atoms with van der Waals surface area (Å²) >= 11 is 0. The van der Waals surface area contributed by atoms with Gasteiger partial charge in [-0.3, -0.25) is 4.79 Å². The minimum atomic E-state index is -3.63. The largest absolute Gasteiger partial charge is 0.398 e. The second-order valence-corrected chi connectivity index (χ2v) is 5.45. The fourth-order valence-electron chi connectivity index (χ4n) is 1.24. The first-order chi connectivity index (χ1) is 7.82. The number of benzene rings is 1. The number of para-hydroxylation sites is 1. The van der Waals surface area contributed by atoms with Crippen molar-refractivity contribution in [2.24, 2.45) is 5.73 Å². The Kier molecular flexibility index (Phi) is 4.08. The van der Waals surface area contributed by atoms with E-state index >= 15 is 0 Å². The summed E-state index contributed by atoms with van der Waals surface area (Å²) in [4.78, 5) is 10.8. The lowest BCUT2D eigenvalue weighted by molar-refractivity contribution is -0.119. The monoisotopic (exact) mass is 257 g/mol. The first-order valence-electron chi connectivity index (χ1n) is 4.94. The maximum absolute atomic E-state index is 11.7. The van der Waals surface area contributed by atoms with Crippen molar-refractivity contribution in [1.29, 1.82) is 0 Å². The fraction of sp³-hybridized carbons (Fsp3) is 0.300. The lowest BCUT2D eigenvalue weighted by Gasteiger charge is -2.11. The summed E-state index contributed by atoms with van der Waals surface area (Å²) in [5.41, 5.74) is 11.5. The zero-order chi connectivity index (χ0) is 13.1. The number of nitrogens with two attached hydrogens (primary N) is 2. The number of carbonyl (C=O) groups excluding carboxylic acids is 1. The molecule has 0 spiro atoms. The summed E-state index contributed by atoms with van der Waals surface area (Å²) < 4.78 is 25.6. The third-order valence-electron chi connectivity index (χ3n) is 2.18. The summed E-state index contributed by atoms with van der Waals surface area (Å²) in [6.45, 7) is 1.38. The maximum atomic E-state index is 11.7. The molecule has 1 atom stereocenters. The van der Waals surface area contributed by atoms with Crippen LogP contribution in [-0.4, -0.2) is 20.4 Å². The van der Waals surface area contributed by atoms with Crippen LogP contribution in [0, 0.1) is 0 Å². The number of amides is 1. The fourth-order valence-corrected chi connectivity index (χ4v) is 2.65. The Morgan fingerprint density at radius 3 is 2.53 bits per heavy atom. The van der Waals surface area contributed by atoms with Crippen molar-refractivity contribution in [3.05, 3.63) is 29.8 Å². The van der Waals surface area contributed by atoms with Gasteiger partial charge in [-0.1, -0.05) is 18.2 Å². The Bertz CT molecular complexity index is 513. The van der Waals surface area contributed by atoms with Gasteiger partial charge in [0.25, 0.3) is 0 Å². The topological polar surface area (TPSA) is 115 Å². The van der Waals surface area contributed by atoms with E-state index in [9.17, 15) is 13.2 Å². The minimum Gasteiger partial charge on any atom is -0.398 e. The lowest BCUT2D eigenvalue weighted by Crippen LogP contribution is -2.42.